The predicted molar refractivity (Wildman–Crippen MR) is 81.4 cm³/mol. The summed E-state index contributed by atoms with van der Waals surface area (Å²) < 4.78 is 0. The highest BCUT2D eigenvalue weighted by Gasteiger charge is 2.47. The van der Waals surface area contributed by atoms with Crippen molar-refractivity contribution in [2.24, 2.45) is 5.92 Å². The van der Waals surface area contributed by atoms with E-state index >= 15 is 0 Å². The van der Waals surface area contributed by atoms with Gasteiger partial charge in [-0.1, -0.05) is 33.1 Å². The molecule has 0 aromatic rings. The minimum atomic E-state index is 0.450. The molecule has 2 saturated carbocycles. The highest BCUT2D eigenvalue weighted by Crippen LogP contribution is 2.40. The SMILES string of the molecule is CCC1(CC)CNC2(CCCCC2)CN1CC1CC1. The lowest BCUT2D eigenvalue weighted by Gasteiger charge is -2.56. The summed E-state index contributed by atoms with van der Waals surface area (Å²) in [6.45, 7) is 8.72. The van der Waals surface area contributed by atoms with Gasteiger partial charge in [0.1, 0.15) is 0 Å². The van der Waals surface area contributed by atoms with Crippen LogP contribution in [0.1, 0.15) is 71.6 Å². The maximum atomic E-state index is 4.01. The van der Waals surface area contributed by atoms with Crippen LogP contribution < -0.4 is 5.32 Å². The molecule has 3 rings (SSSR count). The molecule has 0 aromatic heterocycles. The summed E-state index contributed by atoms with van der Waals surface area (Å²) in [5, 5.41) is 4.01. The van der Waals surface area contributed by atoms with Crippen molar-refractivity contribution in [2.45, 2.75) is 82.7 Å². The van der Waals surface area contributed by atoms with E-state index in [1.165, 1.54) is 77.4 Å². The van der Waals surface area contributed by atoms with E-state index in [-0.39, 0.29) is 0 Å². The Morgan fingerprint density at radius 3 is 2.32 bits per heavy atom. The Balaban J connectivity index is 1.74. The van der Waals surface area contributed by atoms with E-state index in [0.29, 0.717) is 11.1 Å². The van der Waals surface area contributed by atoms with Crippen LogP contribution in [0.2, 0.25) is 0 Å². The summed E-state index contributed by atoms with van der Waals surface area (Å²) in [5.41, 5.74) is 0.923. The van der Waals surface area contributed by atoms with E-state index in [1.807, 2.05) is 0 Å². The first-order valence-electron chi connectivity index (χ1n) is 8.72. The van der Waals surface area contributed by atoms with E-state index in [1.54, 1.807) is 0 Å². The second kappa shape index (κ2) is 5.37. The Morgan fingerprint density at radius 2 is 1.74 bits per heavy atom. The Morgan fingerprint density at radius 1 is 1.05 bits per heavy atom. The van der Waals surface area contributed by atoms with Gasteiger partial charge in [0.15, 0.2) is 0 Å². The van der Waals surface area contributed by atoms with E-state index in [9.17, 15) is 0 Å². The van der Waals surface area contributed by atoms with Gasteiger partial charge in [-0.15, -0.1) is 0 Å². The average molecular weight is 264 g/mol. The van der Waals surface area contributed by atoms with Gasteiger partial charge < -0.3 is 5.32 Å². The van der Waals surface area contributed by atoms with Crippen molar-refractivity contribution in [1.82, 2.24) is 10.2 Å². The number of piperazine rings is 1. The van der Waals surface area contributed by atoms with Crippen molar-refractivity contribution in [3.8, 4) is 0 Å². The van der Waals surface area contributed by atoms with Crippen LogP contribution in [0.15, 0.2) is 0 Å². The van der Waals surface area contributed by atoms with Crippen LogP contribution in [0, 0.1) is 5.92 Å². The van der Waals surface area contributed by atoms with Gasteiger partial charge in [0.05, 0.1) is 0 Å². The zero-order chi connectivity index (χ0) is 13.3. The fourth-order valence-corrected chi connectivity index (χ4v) is 4.43. The minimum Gasteiger partial charge on any atom is -0.308 e. The normalized spacial score (nSPS) is 30.6. The fourth-order valence-electron chi connectivity index (χ4n) is 4.43. The minimum absolute atomic E-state index is 0.450. The molecule has 1 heterocycles. The predicted octanol–water partition coefficient (Wildman–Crippen LogP) is 3.56. The van der Waals surface area contributed by atoms with E-state index < -0.39 is 0 Å². The van der Waals surface area contributed by atoms with Gasteiger partial charge in [0, 0.05) is 30.7 Å². The highest BCUT2D eigenvalue weighted by atomic mass is 15.3. The second-order valence-electron chi connectivity index (χ2n) is 7.45. The first-order chi connectivity index (χ1) is 9.22. The molecule has 2 aliphatic carbocycles. The Labute approximate surface area is 119 Å². The molecule has 110 valence electrons. The van der Waals surface area contributed by atoms with Crippen molar-refractivity contribution < 1.29 is 0 Å². The van der Waals surface area contributed by atoms with E-state index in [0.717, 1.165) is 5.92 Å². The molecule has 2 heteroatoms. The Kier molecular flexibility index (Phi) is 3.92. The van der Waals surface area contributed by atoms with E-state index in [4.69, 9.17) is 0 Å². The van der Waals surface area contributed by atoms with Gasteiger partial charge in [-0.3, -0.25) is 4.90 Å². The molecule has 0 atom stereocenters. The fraction of sp³-hybridized carbons (Fsp3) is 1.00. The summed E-state index contributed by atoms with van der Waals surface area (Å²) in [5.74, 6) is 1.02. The average Bonchev–Trinajstić information content (AvgIpc) is 3.25. The maximum absolute atomic E-state index is 4.01. The van der Waals surface area contributed by atoms with Crippen LogP contribution in [0.5, 0.6) is 0 Å². The molecule has 1 saturated heterocycles. The molecular formula is C17H32N2. The topological polar surface area (TPSA) is 15.3 Å². The van der Waals surface area contributed by atoms with Gasteiger partial charge in [-0.05, 0) is 44.4 Å². The molecular weight excluding hydrogens is 232 g/mol. The third-order valence-corrected chi connectivity index (χ3v) is 6.26. The van der Waals surface area contributed by atoms with Gasteiger partial charge in [-0.25, -0.2) is 0 Å². The van der Waals surface area contributed by atoms with Crippen molar-refractivity contribution in [3.63, 3.8) is 0 Å². The zero-order valence-corrected chi connectivity index (χ0v) is 13.0. The van der Waals surface area contributed by atoms with Crippen LogP contribution in [0.3, 0.4) is 0 Å². The Bertz CT molecular complexity index is 298. The molecule has 1 N–H and O–H groups in total. The first kappa shape index (κ1) is 13.9. The summed E-state index contributed by atoms with van der Waals surface area (Å²) in [6.07, 6.45) is 12.7. The smallest absolute Gasteiger partial charge is 0.0329 e. The van der Waals surface area contributed by atoms with Crippen LogP contribution in [0.4, 0.5) is 0 Å². The second-order valence-corrected chi connectivity index (χ2v) is 7.45. The van der Waals surface area contributed by atoms with E-state index in [2.05, 4.69) is 24.1 Å². The number of nitrogens with zero attached hydrogens (tertiary/aromatic N) is 1. The number of nitrogens with one attached hydrogen (secondary N) is 1. The van der Waals surface area contributed by atoms with Crippen molar-refractivity contribution in [2.75, 3.05) is 19.6 Å². The van der Waals surface area contributed by atoms with Crippen LogP contribution in [0.25, 0.3) is 0 Å². The molecule has 0 radical (unpaired) electrons. The quantitative estimate of drug-likeness (QED) is 0.835. The summed E-state index contributed by atoms with van der Waals surface area (Å²) in [4.78, 5) is 2.91. The van der Waals surface area contributed by atoms with Gasteiger partial charge in [0.25, 0.3) is 0 Å². The summed E-state index contributed by atoms with van der Waals surface area (Å²) >= 11 is 0. The Hall–Kier alpha value is -0.0800. The lowest BCUT2D eigenvalue weighted by atomic mass is 9.75. The lowest BCUT2D eigenvalue weighted by Crippen LogP contribution is -2.70. The highest BCUT2D eigenvalue weighted by molar-refractivity contribution is 5.06. The largest absolute Gasteiger partial charge is 0.308 e. The van der Waals surface area contributed by atoms with Crippen LogP contribution >= 0.6 is 0 Å². The molecule has 0 bridgehead atoms. The third-order valence-electron chi connectivity index (χ3n) is 6.26. The first-order valence-corrected chi connectivity index (χ1v) is 8.72. The third kappa shape index (κ3) is 2.71. The van der Waals surface area contributed by atoms with Crippen LogP contribution in [-0.4, -0.2) is 35.6 Å². The lowest BCUT2D eigenvalue weighted by molar-refractivity contribution is -0.0170. The van der Waals surface area contributed by atoms with Gasteiger partial charge in [0.2, 0.25) is 0 Å². The number of rotatable bonds is 4. The van der Waals surface area contributed by atoms with Gasteiger partial charge in [-0.2, -0.15) is 0 Å². The molecule has 3 fully saturated rings. The van der Waals surface area contributed by atoms with Crippen molar-refractivity contribution >= 4 is 0 Å². The number of hydrogen-bond acceptors (Lipinski definition) is 2. The van der Waals surface area contributed by atoms with Crippen molar-refractivity contribution in [3.05, 3.63) is 0 Å². The van der Waals surface area contributed by atoms with Gasteiger partial charge >= 0.3 is 0 Å². The molecule has 0 amide bonds. The molecule has 1 aliphatic heterocycles. The standard InChI is InChI=1S/C17H32N2/c1-3-17(4-2)13-18-16(10-6-5-7-11-16)14-19(17)12-15-8-9-15/h15,18H,3-14H2,1-2H3. The molecule has 2 nitrogen and oxygen atoms in total. The zero-order valence-electron chi connectivity index (χ0n) is 13.0. The molecule has 1 spiro atoms. The molecule has 19 heavy (non-hydrogen) atoms. The van der Waals surface area contributed by atoms with Crippen molar-refractivity contribution in [1.29, 1.82) is 0 Å². The molecule has 0 aromatic carbocycles. The molecule has 3 aliphatic rings. The molecule has 0 unspecified atom stereocenters. The summed E-state index contributed by atoms with van der Waals surface area (Å²) in [6, 6.07) is 0. The number of hydrogen-bond donors (Lipinski definition) is 1. The van der Waals surface area contributed by atoms with Crippen LogP contribution in [-0.2, 0) is 0 Å². The monoisotopic (exact) mass is 264 g/mol. The summed E-state index contributed by atoms with van der Waals surface area (Å²) in [7, 11) is 0. The maximum Gasteiger partial charge on any atom is 0.0329 e.